The van der Waals surface area contributed by atoms with Gasteiger partial charge in [-0.1, -0.05) is 11.6 Å². The number of hydrogen-bond donors (Lipinski definition) is 1. The maximum absolute atomic E-state index is 11.4. The molecule has 4 nitrogen and oxygen atoms in total. The van der Waals surface area contributed by atoms with E-state index in [0.29, 0.717) is 22.9 Å². The lowest BCUT2D eigenvalue weighted by Gasteiger charge is -2.14. The van der Waals surface area contributed by atoms with Crippen LogP contribution in [0.5, 0.6) is 0 Å². The number of carbonyl (C=O) groups is 1. The van der Waals surface area contributed by atoms with Gasteiger partial charge in [0, 0.05) is 5.02 Å². The summed E-state index contributed by atoms with van der Waals surface area (Å²) in [6, 6.07) is 6.36. The molecule has 1 aromatic carbocycles. The Hall–Kier alpha value is -1.73. The summed E-state index contributed by atoms with van der Waals surface area (Å²) < 4.78 is 4.86. The zero-order valence-corrected chi connectivity index (χ0v) is 10.4. The SMILES string of the molecule is CCOC(=O)C(C)Nc1ccc(Cl)cc1C#N. The number of nitrogens with one attached hydrogen (secondary N) is 1. The fourth-order valence-corrected chi connectivity index (χ4v) is 1.47. The lowest BCUT2D eigenvalue weighted by Crippen LogP contribution is -2.28. The second-order valence-electron chi connectivity index (χ2n) is 3.42. The van der Waals surface area contributed by atoms with E-state index in [1.807, 2.05) is 6.07 Å². The van der Waals surface area contributed by atoms with Crippen molar-refractivity contribution in [2.24, 2.45) is 0 Å². The van der Waals surface area contributed by atoms with E-state index in [4.69, 9.17) is 21.6 Å². The first-order valence-corrected chi connectivity index (χ1v) is 5.59. The van der Waals surface area contributed by atoms with E-state index in [1.54, 1.807) is 32.0 Å². The Labute approximate surface area is 105 Å². The minimum atomic E-state index is -0.511. The number of rotatable bonds is 4. The van der Waals surface area contributed by atoms with Crippen LogP contribution in [0.1, 0.15) is 19.4 Å². The molecule has 0 saturated carbocycles. The van der Waals surface area contributed by atoms with Gasteiger partial charge in [-0.15, -0.1) is 0 Å². The second kappa shape index (κ2) is 6.12. The molecule has 5 heteroatoms. The summed E-state index contributed by atoms with van der Waals surface area (Å²) in [6.45, 7) is 3.75. The second-order valence-corrected chi connectivity index (χ2v) is 3.86. The van der Waals surface area contributed by atoms with Crippen molar-refractivity contribution in [1.29, 1.82) is 5.26 Å². The predicted molar refractivity (Wildman–Crippen MR) is 65.9 cm³/mol. The van der Waals surface area contributed by atoms with Crippen molar-refractivity contribution >= 4 is 23.3 Å². The molecule has 0 spiro atoms. The molecule has 1 unspecified atom stereocenters. The lowest BCUT2D eigenvalue weighted by molar-refractivity contribution is -0.143. The smallest absolute Gasteiger partial charge is 0.328 e. The third-order valence-electron chi connectivity index (χ3n) is 2.11. The molecule has 0 aliphatic carbocycles. The normalized spacial score (nSPS) is 11.4. The van der Waals surface area contributed by atoms with Crippen LogP contribution in [-0.2, 0) is 9.53 Å². The van der Waals surface area contributed by atoms with Gasteiger partial charge in [0.25, 0.3) is 0 Å². The largest absolute Gasteiger partial charge is 0.464 e. The highest BCUT2D eigenvalue weighted by atomic mass is 35.5. The summed E-state index contributed by atoms with van der Waals surface area (Å²) in [5.74, 6) is -0.355. The Morgan fingerprint density at radius 3 is 2.94 bits per heavy atom. The summed E-state index contributed by atoms with van der Waals surface area (Å²) in [4.78, 5) is 11.4. The lowest BCUT2D eigenvalue weighted by atomic mass is 10.2. The zero-order chi connectivity index (χ0) is 12.8. The van der Waals surface area contributed by atoms with Crippen molar-refractivity contribution in [2.45, 2.75) is 19.9 Å². The maximum Gasteiger partial charge on any atom is 0.328 e. The third-order valence-corrected chi connectivity index (χ3v) is 2.35. The molecule has 0 fully saturated rings. The molecule has 0 heterocycles. The van der Waals surface area contributed by atoms with Gasteiger partial charge in [0.15, 0.2) is 0 Å². The van der Waals surface area contributed by atoms with Gasteiger partial charge in [-0.2, -0.15) is 5.26 Å². The van der Waals surface area contributed by atoms with E-state index in [9.17, 15) is 4.79 Å². The molecule has 1 aromatic rings. The monoisotopic (exact) mass is 252 g/mol. The van der Waals surface area contributed by atoms with Crippen molar-refractivity contribution in [2.75, 3.05) is 11.9 Å². The van der Waals surface area contributed by atoms with Crippen molar-refractivity contribution in [3.8, 4) is 6.07 Å². The van der Waals surface area contributed by atoms with Gasteiger partial charge in [-0.05, 0) is 32.0 Å². The van der Waals surface area contributed by atoms with Crippen molar-refractivity contribution < 1.29 is 9.53 Å². The van der Waals surface area contributed by atoms with Crippen LogP contribution >= 0.6 is 11.6 Å². The quantitative estimate of drug-likeness (QED) is 0.837. The zero-order valence-electron chi connectivity index (χ0n) is 9.66. The van der Waals surface area contributed by atoms with Gasteiger partial charge >= 0.3 is 5.97 Å². The average Bonchev–Trinajstić information content (AvgIpc) is 2.31. The van der Waals surface area contributed by atoms with E-state index in [2.05, 4.69) is 5.32 Å². The number of esters is 1. The molecule has 0 amide bonds. The molecule has 0 aromatic heterocycles. The van der Waals surface area contributed by atoms with Crippen LogP contribution in [0, 0.1) is 11.3 Å². The summed E-state index contributed by atoms with van der Waals surface area (Å²) in [5.41, 5.74) is 0.964. The third kappa shape index (κ3) is 3.65. The number of nitrogens with zero attached hydrogens (tertiary/aromatic N) is 1. The minimum Gasteiger partial charge on any atom is -0.464 e. The number of carbonyl (C=O) groups excluding carboxylic acids is 1. The highest BCUT2D eigenvalue weighted by molar-refractivity contribution is 6.30. The molecule has 90 valence electrons. The van der Waals surface area contributed by atoms with Crippen molar-refractivity contribution in [1.82, 2.24) is 0 Å². The molecular weight excluding hydrogens is 240 g/mol. The van der Waals surface area contributed by atoms with Gasteiger partial charge in [-0.3, -0.25) is 0 Å². The summed E-state index contributed by atoms with van der Waals surface area (Å²) in [5, 5.41) is 12.3. The Bertz CT molecular complexity index is 454. The first-order valence-electron chi connectivity index (χ1n) is 5.21. The van der Waals surface area contributed by atoms with Gasteiger partial charge in [0.2, 0.25) is 0 Å². The van der Waals surface area contributed by atoms with Crippen LogP contribution in [0.2, 0.25) is 5.02 Å². The Morgan fingerprint density at radius 2 is 2.35 bits per heavy atom. The highest BCUT2D eigenvalue weighted by Crippen LogP contribution is 2.20. The standard InChI is InChI=1S/C12H13ClN2O2/c1-3-17-12(16)8(2)15-11-5-4-10(13)6-9(11)7-14/h4-6,8,15H,3H2,1-2H3. The number of anilines is 1. The van der Waals surface area contributed by atoms with Crippen LogP contribution < -0.4 is 5.32 Å². The Kier molecular flexibility index (Phi) is 4.80. The molecule has 0 bridgehead atoms. The molecule has 0 aliphatic heterocycles. The van der Waals surface area contributed by atoms with E-state index >= 15 is 0 Å². The molecule has 1 N–H and O–H groups in total. The number of halogens is 1. The van der Waals surface area contributed by atoms with Gasteiger partial charge in [0.1, 0.15) is 12.1 Å². The molecule has 0 aliphatic rings. The summed E-state index contributed by atoms with van der Waals surface area (Å²) in [6.07, 6.45) is 0. The molecular formula is C12H13ClN2O2. The van der Waals surface area contributed by atoms with Crippen LogP contribution in [0.4, 0.5) is 5.69 Å². The fraction of sp³-hybridized carbons (Fsp3) is 0.333. The fourth-order valence-electron chi connectivity index (χ4n) is 1.29. The van der Waals surface area contributed by atoms with E-state index in [0.717, 1.165) is 0 Å². The summed E-state index contributed by atoms with van der Waals surface area (Å²) >= 11 is 5.77. The molecule has 1 atom stereocenters. The number of ether oxygens (including phenoxy) is 1. The maximum atomic E-state index is 11.4. The first kappa shape index (κ1) is 13.3. The number of benzene rings is 1. The average molecular weight is 253 g/mol. The first-order chi connectivity index (χ1) is 8.08. The van der Waals surface area contributed by atoms with Crippen LogP contribution in [0.15, 0.2) is 18.2 Å². The van der Waals surface area contributed by atoms with Crippen LogP contribution in [0.3, 0.4) is 0 Å². The van der Waals surface area contributed by atoms with E-state index < -0.39 is 6.04 Å². The Morgan fingerprint density at radius 1 is 1.65 bits per heavy atom. The van der Waals surface area contributed by atoms with Crippen LogP contribution in [0.25, 0.3) is 0 Å². The van der Waals surface area contributed by atoms with E-state index in [1.165, 1.54) is 0 Å². The molecule has 0 radical (unpaired) electrons. The van der Waals surface area contributed by atoms with Crippen molar-refractivity contribution in [3.05, 3.63) is 28.8 Å². The van der Waals surface area contributed by atoms with Crippen molar-refractivity contribution in [3.63, 3.8) is 0 Å². The van der Waals surface area contributed by atoms with Gasteiger partial charge in [0.05, 0.1) is 17.9 Å². The molecule has 17 heavy (non-hydrogen) atoms. The van der Waals surface area contributed by atoms with Gasteiger partial charge in [-0.25, -0.2) is 4.79 Å². The summed E-state index contributed by atoms with van der Waals surface area (Å²) in [7, 11) is 0. The molecule has 1 rings (SSSR count). The highest BCUT2D eigenvalue weighted by Gasteiger charge is 2.15. The van der Waals surface area contributed by atoms with Gasteiger partial charge < -0.3 is 10.1 Å². The topological polar surface area (TPSA) is 62.1 Å². The predicted octanol–water partition coefficient (Wildman–Crippen LogP) is 2.58. The number of hydrogen-bond acceptors (Lipinski definition) is 4. The minimum absolute atomic E-state index is 0.330. The Balaban J connectivity index is 2.82. The van der Waals surface area contributed by atoms with E-state index in [-0.39, 0.29) is 5.97 Å². The van der Waals surface area contributed by atoms with Crippen LogP contribution in [-0.4, -0.2) is 18.6 Å². The number of nitriles is 1. The molecule has 0 saturated heterocycles.